The highest BCUT2D eigenvalue weighted by molar-refractivity contribution is 5.56. The van der Waals surface area contributed by atoms with Gasteiger partial charge in [-0.3, -0.25) is 0 Å². The first kappa shape index (κ1) is 10.8. The van der Waals surface area contributed by atoms with Crippen LogP contribution in [0.25, 0.3) is 0 Å². The molecule has 1 saturated heterocycles. The minimum absolute atomic E-state index is 0.598. The van der Waals surface area contributed by atoms with Crippen molar-refractivity contribution in [2.45, 2.75) is 0 Å². The average Bonchev–Trinajstić information content (AvgIpc) is 2.30. The number of anilines is 1. The molecule has 0 aromatic heterocycles. The van der Waals surface area contributed by atoms with Gasteiger partial charge in [0.05, 0.1) is 13.1 Å². The lowest BCUT2D eigenvalue weighted by atomic mass is 10.2. The Morgan fingerprint density at radius 3 is 2.31 bits per heavy atom. The first-order chi connectivity index (χ1) is 7.75. The summed E-state index contributed by atoms with van der Waals surface area (Å²) >= 11 is 0. The predicted octanol–water partition coefficient (Wildman–Crippen LogP) is 1.42. The second-order valence-corrected chi connectivity index (χ2v) is 3.61. The molecule has 1 fully saturated rings. The van der Waals surface area contributed by atoms with Gasteiger partial charge < -0.3 is 14.8 Å². The van der Waals surface area contributed by atoms with E-state index in [1.807, 2.05) is 30.3 Å². The smallest absolute Gasteiger partial charge is 0.448 e. The maximum atomic E-state index is 10.3. The van der Waals surface area contributed by atoms with Crippen molar-refractivity contribution in [3.63, 3.8) is 0 Å². The highest BCUT2D eigenvalue weighted by Gasteiger charge is 2.19. The third-order valence-electron chi connectivity index (χ3n) is 2.57. The lowest BCUT2D eigenvalue weighted by Crippen LogP contribution is -2.46. The molecule has 86 valence electrons. The van der Waals surface area contributed by atoms with Gasteiger partial charge in [0.2, 0.25) is 0 Å². The van der Waals surface area contributed by atoms with Crippen LogP contribution in [0.1, 0.15) is 0 Å². The predicted molar refractivity (Wildman–Crippen MR) is 59.3 cm³/mol. The van der Waals surface area contributed by atoms with Crippen LogP contribution in [-0.2, 0) is 4.84 Å². The van der Waals surface area contributed by atoms with E-state index in [1.54, 1.807) is 0 Å². The Hall–Kier alpha value is -1.75. The summed E-state index contributed by atoms with van der Waals surface area (Å²) in [5, 5.41) is 9.95. The molecule has 0 aliphatic carbocycles. The fourth-order valence-electron chi connectivity index (χ4n) is 1.79. The molecule has 0 amide bonds. The third kappa shape index (κ3) is 2.64. The molecule has 0 radical (unpaired) electrons. The molecule has 0 atom stereocenters. The van der Waals surface area contributed by atoms with Crippen molar-refractivity contribution in [1.82, 2.24) is 5.06 Å². The van der Waals surface area contributed by atoms with Gasteiger partial charge >= 0.3 is 6.16 Å². The first-order valence-electron chi connectivity index (χ1n) is 5.21. The molecule has 5 nitrogen and oxygen atoms in total. The molecule has 5 heteroatoms. The molecule has 1 heterocycles. The van der Waals surface area contributed by atoms with Crippen molar-refractivity contribution in [2.75, 3.05) is 31.1 Å². The summed E-state index contributed by atoms with van der Waals surface area (Å²) in [6, 6.07) is 10.1. The van der Waals surface area contributed by atoms with Crippen LogP contribution in [0.2, 0.25) is 0 Å². The molecule has 1 aromatic rings. The van der Waals surface area contributed by atoms with E-state index in [-0.39, 0.29) is 0 Å². The largest absolute Gasteiger partial charge is 0.525 e. The van der Waals surface area contributed by atoms with Crippen molar-refractivity contribution >= 4 is 11.8 Å². The molecule has 0 saturated carbocycles. The van der Waals surface area contributed by atoms with Crippen LogP contribution < -0.4 is 4.90 Å². The van der Waals surface area contributed by atoms with Gasteiger partial charge in [-0.2, -0.15) is 0 Å². The number of benzene rings is 1. The van der Waals surface area contributed by atoms with Crippen LogP contribution in [0.5, 0.6) is 0 Å². The van der Waals surface area contributed by atoms with Crippen LogP contribution in [0.15, 0.2) is 30.3 Å². The highest BCUT2D eigenvalue weighted by atomic mass is 16.8. The molecule has 0 spiro atoms. The van der Waals surface area contributed by atoms with Crippen molar-refractivity contribution in [1.29, 1.82) is 0 Å². The van der Waals surface area contributed by atoms with Gasteiger partial charge in [-0.05, 0) is 12.1 Å². The number of carbonyl (C=O) groups is 1. The summed E-state index contributed by atoms with van der Waals surface area (Å²) in [7, 11) is 0. The molecule has 0 unspecified atom stereocenters. The Bertz CT molecular complexity index is 348. The number of rotatable bonds is 2. The molecule has 1 N–H and O–H groups in total. The third-order valence-corrected chi connectivity index (χ3v) is 2.57. The fourth-order valence-corrected chi connectivity index (χ4v) is 1.79. The number of carboxylic acid groups (broad SMARTS) is 1. The normalized spacial score (nSPS) is 17.1. The summed E-state index contributed by atoms with van der Waals surface area (Å²) in [5.74, 6) is 0. The summed E-state index contributed by atoms with van der Waals surface area (Å²) < 4.78 is 0. The second-order valence-electron chi connectivity index (χ2n) is 3.61. The summed E-state index contributed by atoms with van der Waals surface area (Å²) in [6.45, 7) is 2.75. The average molecular weight is 222 g/mol. The maximum absolute atomic E-state index is 10.3. The Morgan fingerprint density at radius 2 is 1.75 bits per heavy atom. The van der Waals surface area contributed by atoms with E-state index in [0.717, 1.165) is 18.8 Å². The van der Waals surface area contributed by atoms with Gasteiger partial charge in [0, 0.05) is 18.8 Å². The number of para-hydroxylation sites is 1. The van der Waals surface area contributed by atoms with E-state index in [1.165, 1.54) is 5.06 Å². The lowest BCUT2D eigenvalue weighted by molar-refractivity contribution is -0.121. The SMILES string of the molecule is O=C(O)ON1CCN(c2ccccc2)CC1. The number of hydrogen-bond donors (Lipinski definition) is 1. The van der Waals surface area contributed by atoms with Crippen LogP contribution in [-0.4, -0.2) is 42.5 Å². The van der Waals surface area contributed by atoms with Crippen molar-refractivity contribution in [2.24, 2.45) is 0 Å². The Kier molecular flexibility index (Phi) is 3.26. The number of hydrogen-bond acceptors (Lipinski definition) is 4. The zero-order valence-corrected chi connectivity index (χ0v) is 8.87. The molecule has 1 aliphatic heterocycles. The highest BCUT2D eigenvalue weighted by Crippen LogP contribution is 2.15. The van der Waals surface area contributed by atoms with Gasteiger partial charge in [-0.25, -0.2) is 4.79 Å². The molecular weight excluding hydrogens is 208 g/mol. The fraction of sp³-hybridized carbons (Fsp3) is 0.364. The van der Waals surface area contributed by atoms with Crippen molar-refractivity contribution in [3.8, 4) is 0 Å². The van der Waals surface area contributed by atoms with E-state index in [4.69, 9.17) is 5.11 Å². The van der Waals surface area contributed by atoms with Crippen LogP contribution >= 0.6 is 0 Å². The van der Waals surface area contributed by atoms with Gasteiger partial charge in [-0.1, -0.05) is 18.2 Å². The van der Waals surface area contributed by atoms with Crippen LogP contribution in [0.4, 0.5) is 10.5 Å². The van der Waals surface area contributed by atoms with Gasteiger partial charge in [0.1, 0.15) is 0 Å². The number of piperazine rings is 1. The second kappa shape index (κ2) is 4.85. The van der Waals surface area contributed by atoms with Crippen LogP contribution in [0.3, 0.4) is 0 Å². The molecular formula is C11H14N2O3. The minimum atomic E-state index is -1.24. The summed E-state index contributed by atoms with van der Waals surface area (Å²) in [4.78, 5) is 17.2. The summed E-state index contributed by atoms with van der Waals surface area (Å²) in [5.41, 5.74) is 1.16. The Morgan fingerprint density at radius 1 is 1.12 bits per heavy atom. The Balaban J connectivity index is 1.88. The zero-order valence-electron chi connectivity index (χ0n) is 8.87. The van der Waals surface area contributed by atoms with Gasteiger partial charge in [0.25, 0.3) is 0 Å². The van der Waals surface area contributed by atoms with Crippen LogP contribution in [0, 0.1) is 0 Å². The zero-order chi connectivity index (χ0) is 11.4. The quantitative estimate of drug-likeness (QED) is 0.820. The topological polar surface area (TPSA) is 53.0 Å². The van der Waals surface area contributed by atoms with E-state index in [9.17, 15) is 4.79 Å². The minimum Gasteiger partial charge on any atom is -0.448 e. The first-order valence-corrected chi connectivity index (χ1v) is 5.21. The van der Waals surface area contributed by atoms with Gasteiger partial charge in [-0.15, -0.1) is 5.06 Å². The molecule has 1 aliphatic rings. The Labute approximate surface area is 93.8 Å². The summed E-state index contributed by atoms with van der Waals surface area (Å²) in [6.07, 6.45) is -1.24. The molecule has 2 rings (SSSR count). The van der Waals surface area contributed by atoms with Gasteiger partial charge in [0.15, 0.2) is 0 Å². The lowest BCUT2D eigenvalue weighted by Gasteiger charge is -2.34. The molecule has 16 heavy (non-hydrogen) atoms. The standard InChI is InChI=1S/C11H14N2O3/c14-11(15)16-13-8-6-12(7-9-13)10-4-2-1-3-5-10/h1-5H,6-9H2,(H,14,15). The van der Waals surface area contributed by atoms with Crippen molar-refractivity contribution < 1.29 is 14.7 Å². The number of nitrogens with zero attached hydrogens (tertiary/aromatic N) is 2. The molecule has 1 aromatic carbocycles. The number of hydroxylamine groups is 2. The van der Waals surface area contributed by atoms with E-state index in [0.29, 0.717) is 13.1 Å². The monoisotopic (exact) mass is 222 g/mol. The molecule has 0 bridgehead atoms. The van der Waals surface area contributed by atoms with E-state index >= 15 is 0 Å². The van der Waals surface area contributed by atoms with Crippen molar-refractivity contribution in [3.05, 3.63) is 30.3 Å². The van der Waals surface area contributed by atoms with E-state index in [2.05, 4.69) is 9.74 Å². The van der Waals surface area contributed by atoms with E-state index < -0.39 is 6.16 Å². The maximum Gasteiger partial charge on any atom is 0.525 e.